The standard InChI is InChI=1S/C20H19N3S/c1-2-13-21-19-14-17(15-24-18-11-7-4-8-12-18)22-20(23-19)16-9-5-3-6-10-16/h2-12,14H,1,13,15H2,(H,21,22,23). The highest BCUT2D eigenvalue weighted by molar-refractivity contribution is 7.98. The summed E-state index contributed by atoms with van der Waals surface area (Å²) >= 11 is 1.77. The molecule has 0 fully saturated rings. The van der Waals surface area contributed by atoms with E-state index in [0.717, 1.165) is 28.7 Å². The fraction of sp³-hybridized carbons (Fsp3) is 0.100. The molecule has 2 aromatic carbocycles. The molecular weight excluding hydrogens is 314 g/mol. The highest BCUT2D eigenvalue weighted by atomic mass is 32.2. The van der Waals surface area contributed by atoms with Gasteiger partial charge < -0.3 is 5.32 Å². The van der Waals surface area contributed by atoms with Crippen LogP contribution in [0.25, 0.3) is 11.4 Å². The van der Waals surface area contributed by atoms with Crippen molar-refractivity contribution in [2.75, 3.05) is 11.9 Å². The molecule has 0 saturated carbocycles. The van der Waals surface area contributed by atoms with Crippen molar-refractivity contribution >= 4 is 17.6 Å². The summed E-state index contributed by atoms with van der Waals surface area (Å²) in [5.74, 6) is 2.37. The minimum atomic E-state index is 0.677. The average Bonchev–Trinajstić information content (AvgIpc) is 2.66. The number of hydrogen-bond acceptors (Lipinski definition) is 4. The molecule has 4 heteroatoms. The van der Waals surface area contributed by atoms with Gasteiger partial charge in [0.1, 0.15) is 5.82 Å². The summed E-state index contributed by atoms with van der Waals surface area (Å²) in [4.78, 5) is 10.6. The fourth-order valence-electron chi connectivity index (χ4n) is 2.23. The number of thioether (sulfide) groups is 1. The molecule has 0 aliphatic heterocycles. The Morgan fingerprint density at radius 1 is 0.958 bits per heavy atom. The fourth-order valence-corrected chi connectivity index (χ4v) is 3.04. The third-order valence-electron chi connectivity index (χ3n) is 3.37. The molecule has 3 rings (SSSR count). The number of anilines is 1. The molecule has 0 bridgehead atoms. The van der Waals surface area contributed by atoms with Gasteiger partial charge in [-0.2, -0.15) is 0 Å². The maximum Gasteiger partial charge on any atom is 0.161 e. The lowest BCUT2D eigenvalue weighted by Crippen LogP contribution is -2.04. The van der Waals surface area contributed by atoms with E-state index in [2.05, 4.69) is 41.1 Å². The molecule has 0 unspecified atom stereocenters. The molecule has 1 N–H and O–H groups in total. The summed E-state index contributed by atoms with van der Waals surface area (Å²) in [6, 6.07) is 22.4. The van der Waals surface area contributed by atoms with Crippen LogP contribution in [-0.4, -0.2) is 16.5 Å². The van der Waals surface area contributed by atoms with Gasteiger partial charge in [0.05, 0.1) is 5.69 Å². The minimum absolute atomic E-state index is 0.677. The highest BCUT2D eigenvalue weighted by Gasteiger charge is 2.07. The van der Waals surface area contributed by atoms with Crippen molar-refractivity contribution < 1.29 is 0 Å². The zero-order valence-corrected chi connectivity index (χ0v) is 14.2. The van der Waals surface area contributed by atoms with Gasteiger partial charge in [-0.1, -0.05) is 54.6 Å². The Morgan fingerprint density at radius 2 is 1.67 bits per heavy atom. The minimum Gasteiger partial charge on any atom is -0.366 e. The predicted octanol–water partition coefficient (Wildman–Crippen LogP) is 5.03. The van der Waals surface area contributed by atoms with Gasteiger partial charge in [-0.3, -0.25) is 0 Å². The number of benzene rings is 2. The van der Waals surface area contributed by atoms with E-state index in [0.29, 0.717) is 6.54 Å². The summed E-state index contributed by atoms with van der Waals surface area (Å²) in [6.45, 7) is 4.42. The second-order valence-corrected chi connectivity index (χ2v) is 6.25. The van der Waals surface area contributed by atoms with Gasteiger partial charge in [-0.15, -0.1) is 18.3 Å². The van der Waals surface area contributed by atoms with Gasteiger partial charge in [0.2, 0.25) is 0 Å². The van der Waals surface area contributed by atoms with Crippen LogP contribution in [0.1, 0.15) is 5.69 Å². The quantitative estimate of drug-likeness (QED) is 0.486. The molecular formula is C20H19N3S. The van der Waals surface area contributed by atoms with Crippen molar-refractivity contribution in [3.8, 4) is 11.4 Å². The van der Waals surface area contributed by atoms with Gasteiger partial charge in [0, 0.05) is 28.8 Å². The molecule has 1 heterocycles. The second kappa shape index (κ2) is 8.31. The van der Waals surface area contributed by atoms with E-state index in [4.69, 9.17) is 4.98 Å². The van der Waals surface area contributed by atoms with Gasteiger partial charge in [0.15, 0.2) is 5.82 Å². The van der Waals surface area contributed by atoms with Crippen molar-refractivity contribution in [1.82, 2.24) is 9.97 Å². The molecule has 3 aromatic rings. The molecule has 0 saturated heterocycles. The maximum absolute atomic E-state index is 4.73. The topological polar surface area (TPSA) is 37.8 Å². The van der Waals surface area contributed by atoms with E-state index in [1.54, 1.807) is 11.8 Å². The maximum atomic E-state index is 4.73. The summed E-state index contributed by atoms with van der Waals surface area (Å²) in [5.41, 5.74) is 2.02. The lowest BCUT2D eigenvalue weighted by atomic mass is 10.2. The van der Waals surface area contributed by atoms with Gasteiger partial charge >= 0.3 is 0 Å². The first kappa shape index (κ1) is 16.3. The van der Waals surface area contributed by atoms with Crippen molar-refractivity contribution in [3.63, 3.8) is 0 Å². The molecule has 3 nitrogen and oxygen atoms in total. The first-order valence-electron chi connectivity index (χ1n) is 7.81. The van der Waals surface area contributed by atoms with Crippen molar-refractivity contribution in [3.05, 3.63) is 85.1 Å². The molecule has 120 valence electrons. The Kier molecular flexibility index (Phi) is 5.64. The highest BCUT2D eigenvalue weighted by Crippen LogP contribution is 2.24. The molecule has 0 atom stereocenters. The van der Waals surface area contributed by atoms with Crippen molar-refractivity contribution in [2.24, 2.45) is 0 Å². The number of rotatable bonds is 7. The van der Waals surface area contributed by atoms with Crippen molar-refractivity contribution in [1.29, 1.82) is 0 Å². The molecule has 24 heavy (non-hydrogen) atoms. The van der Waals surface area contributed by atoms with Crippen LogP contribution < -0.4 is 5.32 Å². The smallest absolute Gasteiger partial charge is 0.161 e. The first-order chi connectivity index (χ1) is 11.8. The van der Waals surface area contributed by atoms with Crippen LogP contribution in [0, 0.1) is 0 Å². The van der Waals surface area contributed by atoms with Crippen LogP contribution >= 0.6 is 11.8 Å². The van der Waals surface area contributed by atoms with Crippen LogP contribution in [0.4, 0.5) is 5.82 Å². The molecule has 0 aliphatic carbocycles. The van der Waals surface area contributed by atoms with Gasteiger partial charge in [0.25, 0.3) is 0 Å². The van der Waals surface area contributed by atoms with E-state index < -0.39 is 0 Å². The molecule has 0 amide bonds. The van der Waals surface area contributed by atoms with Crippen LogP contribution in [-0.2, 0) is 5.75 Å². The number of aromatic nitrogens is 2. The van der Waals surface area contributed by atoms with E-state index in [1.165, 1.54) is 4.90 Å². The van der Waals surface area contributed by atoms with Crippen LogP contribution in [0.2, 0.25) is 0 Å². The zero-order valence-electron chi connectivity index (χ0n) is 13.4. The van der Waals surface area contributed by atoms with Crippen LogP contribution in [0.15, 0.2) is 84.3 Å². The van der Waals surface area contributed by atoms with Crippen LogP contribution in [0.3, 0.4) is 0 Å². The van der Waals surface area contributed by atoms with E-state index in [9.17, 15) is 0 Å². The monoisotopic (exact) mass is 333 g/mol. The van der Waals surface area contributed by atoms with Crippen LogP contribution in [0.5, 0.6) is 0 Å². The third-order valence-corrected chi connectivity index (χ3v) is 4.41. The molecule has 0 aliphatic rings. The van der Waals surface area contributed by atoms with E-state index in [-0.39, 0.29) is 0 Å². The number of nitrogens with zero attached hydrogens (tertiary/aromatic N) is 2. The van der Waals surface area contributed by atoms with Gasteiger partial charge in [-0.25, -0.2) is 9.97 Å². The average molecular weight is 333 g/mol. The Bertz CT molecular complexity index is 788. The Balaban J connectivity index is 1.85. The van der Waals surface area contributed by atoms with Gasteiger partial charge in [-0.05, 0) is 12.1 Å². The second-order valence-electron chi connectivity index (χ2n) is 5.21. The summed E-state index contributed by atoms with van der Waals surface area (Å²) in [6.07, 6.45) is 1.82. The Morgan fingerprint density at radius 3 is 2.38 bits per heavy atom. The lowest BCUT2D eigenvalue weighted by molar-refractivity contribution is 1.08. The number of hydrogen-bond donors (Lipinski definition) is 1. The van der Waals surface area contributed by atoms with E-state index in [1.807, 2.05) is 48.5 Å². The normalized spacial score (nSPS) is 10.3. The molecule has 1 aromatic heterocycles. The third kappa shape index (κ3) is 4.46. The zero-order chi connectivity index (χ0) is 16.6. The SMILES string of the molecule is C=CCNc1cc(CSc2ccccc2)nc(-c2ccccc2)n1. The first-order valence-corrected chi connectivity index (χ1v) is 8.80. The summed E-state index contributed by atoms with van der Waals surface area (Å²) in [7, 11) is 0. The molecule has 0 radical (unpaired) electrons. The lowest BCUT2D eigenvalue weighted by Gasteiger charge is -2.09. The largest absolute Gasteiger partial charge is 0.366 e. The predicted molar refractivity (Wildman–Crippen MR) is 102 cm³/mol. The van der Waals surface area contributed by atoms with Crippen molar-refractivity contribution in [2.45, 2.75) is 10.6 Å². The Hall–Kier alpha value is -2.59. The summed E-state index contributed by atoms with van der Waals surface area (Å²) in [5, 5.41) is 3.26. The Labute approximate surface area is 146 Å². The summed E-state index contributed by atoms with van der Waals surface area (Å²) < 4.78 is 0. The number of nitrogens with one attached hydrogen (secondary N) is 1. The molecule has 0 spiro atoms. The van der Waals surface area contributed by atoms with E-state index >= 15 is 0 Å².